The van der Waals surface area contributed by atoms with Crippen LogP contribution in [0.4, 0.5) is 19.0 Å². The third-order valence-electron chi connectivity index (χ3n) is 6.42. The summed E-state index contributed by atoms with van der Waals surface area (Å²) in [6.45, 7) is 0.722. The molecule has 2 aromatic heterocycles. The molecule has 1 aliphatic carbocycles. The number of carbonyl (C=O) groups is 2. The first-order valence-corrected chi connectivity index (χ1v) is 11.4. The van der Waals surface area contributed by atoms with Crippen LogP contribution in [0.25, 0.3) is 0 Å². The standard InChI is InChI=1S/C23H26F3N5O3/c24-23(25,26)16-7-5-15(6-8-16)22(33)31-12-2-3-17(31)14-34-18-4-1-9-29-20(18)21(32)30-19-13-27-10-11-28-19/h1,4,9-11,13,15-17H,2-3,5-8,12,14H2,(H,28,30,32)/t15?,16?,17-/m1/s1. The van der Waals surface area contributed by atoms with Crippen molar-refractivity contribution in [2.24, 2.45) is 11.8 Å². The molecule has 34 heavy (non-hydrogen) atoms. The first-order chi connectivity index (χ1) is 16.3. The number of amides is 2. The van der Waals surface area contributed by atoms with E-state index in [1.807, 2.05) is 0 Å². The highest BCUT2D eigenvalue weighted by Crippen LogP contribution is 2.40. The highest BCUT2D eigenvalue weighted by atomic mass is 19.4. The van der Waals surface area contributed by atoms with E-state index in [-0.39, 0.29) is 67.4 Å². The smallest absolute Gasteiger partial charge is 0.391 e. The van der Waals surface area contributed by atoms with Crippen molar-refractivity contribution in [1.82, 2.24) is 19.9 Å². The van der Waals surface area contributed by atoms with Crippen molar-refractivity contribution in [3.63, 3.8) is 0 Å². The van der Waals surface area contributed by atoms with Crippen molar-refractivity contribution >= 4 is 17.6 Å². The SMILES string of the molecule is O=C(Nc1cnccn1)c1ncccc1OC[C@H]1CCCN1C(=O)C1CCC(C(F)(F)F)CC1. The zero-order chi connectivity index (χ0) is 24.1. The topological polar surface area (TPSA) is 97.3 Å². The van der Waals surface area contributed by atoms with Crippen LogP contribution >= 0.6 is 0 Å². The summed E-state index contributed by atoms with van der Waals surface area (Å²) >= 11 is 0. The number of ether oxygens (including phenoxy) is 1. The predicted octanol–water partition coefficient (Wildman–Crippen LogP) is 3.86. The lowest BCUT2D eigenvalue weighted by molar-refractivity contribution is -0.185. The van der Waals surface area contributed by atoms with Gasteiger partial charge in [0, 0.05) is 31.1 Å². The molecule has 2 aromatic rings. The third kappa shape index (κ3) is 5.63. The first kappa shape index (κ1) is 23.9. The number of aromatic nitrogens is 3. The maximum atomic E-state index is 13.1. The van der Waals surface area contributed by atoms with Gasteiger partial charge in [-0.2, -0.15) is 13.2 Å². The molecule has 182 valence electrons. The Bertz CT molecular complexity index is 997. The minimum Gasteiger partial charge on any atom is -0.489 e. The van der Waals surface area contributed by atoms with Crippen LogP contribution in [0.2, 0.25) is 0 Å². The molecule has 11 heteroatoms. The molecule has 2 amide bonds. The van der Waals surface area contributed by atoms with Gasteiger partial charge in [-0.3, -0.25) is 14.6 Å². The number of nitrogens with zero attached hydrogens (tertiary/aromatic N) is 4. The largest absolute Gasteiger partial charge is 0.489 e. The van der Waals surface area contributed by atoms with Gasteiger partial charge in [-0.1, -0.05) is 0 Å². The number of anilines is 1. The highest BCUT2D eigenvalue weighted by molar-refractivity contribution is 6.04. The number of carbonyl (C=O) groups excluding carboxylic acids is 2. The normalized spacial score (nSPS) is 22.9. The summed E-state index contributed by atoms with van der Waals surface area (Å²) in [5.41, 5.74) is 0.0782. The molecule has 0 bridgehead atoms. The van der Waals surface area contributed by atoms with Crippen molar-refractivity contribution < 1.29 is 27.5 Å². The van der Waals surface area contributed by atoms with Gasteiger partial charge in [0.15, 0.2) is 17.3 Å². The number of hydrogen-bond acceptors (Lipinski definition) is 6. The molecule has 0 aromatic carbocycles. The Labute approximate surface area is 194 Å². The molecular weight excluding hydrogens is 451 g/mol. The Hall–Kier alpha value is -3.24. The van der Waals surface area contributed by atoms with Crippen LogP contribution in [0.3, 0.4) is 0 Å². The van der Waals surface area contributed by atoms with E-state index in [2.05, 4.69) is 20.3 Å². The average Bonchev–Trinajstić information content (AvgIpc) is 3.31. The van der Waals surface area contributed by atoms with Crippen molar-refractivity contribution in [1.29, 1.82) is 0 Å². The maximum Gasteiger partial charge on any atom is 0.391 e. The molecule has 1 aliphatic heterocycles. The molecule has 2 aliphatic rings. The summed E-state index contributed by atoms with van der Waals surface area (Å²) in [5, 5.41) is 2.61. The Morgan fingerprint density at radius 2 is 1.88 bits per heavy atom. The zero-order valence-electron chi connectivity index (χ0n) is 18.5. The van der Waals surface area contributed by atoms with Gasteiger partial charge >= 0.3 is 6.18 Å². The summed E-state index contributed by atoms with van der Waals surface area (Å²) in [6.07, 6.45) is 3.64. The van der Waals surface area contributed by atoms with Crippen molar-refractivity contribution in [3.8, 4) is 5.75 Å². The van der Waals surface area contributed by atoms with E-state index < -0.39 is 18.0 Å². The van der Waals surface area contributed by atoms with E-state index in [9.17, 15) is 22.8 Å². The molecule has 0 unspecified atom stereocenters. The van der Waals surface area contributed by atoms with E-state index in [1.54, 1.807) is 17.0 Å². The summed E-state index contributed by atoms with van der Waals surface area (Å²) in [5.74, 6) is -1.75. The number of halogens is 3. The molecule has 1 N–H and O–H groups in total. The van der Waals surface area contributed by atoms with Crippen molar-refractivity contribution in [2.75, 3.05) is 18.5 Å². The predicted molar refractivity (Wildman–Crippen MR) is 116 cm³/mol. The van der Waals surface area contributed by atoms with Gasteiger partial charge in [0.25, 0.3) is 5.91 Å². The van der Waals surface area contributed by atoms with Crippen LogP contribution in [0, 0.1) is 11.8 Å². The quantitative estimate of drug-likeness (QED) is 0.679. The molecule has 2 fully saturated rings. The number of nitrogens with one attached hydrogen (secondary N) is 1. The molecule has 1 saturated carbocycles. The fourth-order valence-electron chi connectivity index (χ4n) is 4.60. The van der Waals surface area contributed by atoms with E-state index in [4.69, 9.17) is 4.74 Å². The van der Waals surface area contributed by atoms with Gasteiger partial charge < -0.3 is 15.0 Å². The number of hydrogen-bond donors (Lipinski definition) is 1. The van der Waals surface area contributed by atoms with Crippen LogP contribution in [-0.2, 0) is 4.79 Å². The lowest BCUT2D eigenvalue weighted by Gasteiger charge is -2.33. The van der Waals surface area contributed by atoms with E-state index >= 15 is 0 Å². The second kappa shape index (κ2) is 10.4. The summed E-state index contributed by atoms with van der Waals surface area (Å²) < 4.78 is 44.8. The Morgan fingerprint density at radius 1 is 1.09 bits per heavy atom. The van der Waals surface area contributed by atoms with Gasteiger partial charge in [0.1, 0.15) is 6.61 Å². The van der Waals surface area contributed by atoms with Gasteiger partial charge in [-0.05, 0) is 50.7 Å². The van der Waals surface area contributed by atoms with Crippen LogP contribution in [0.15, 0.2) is 36.9 Å². The average molecular weight is 477 g/mol. The van der Waals surface area contributed by atoms with E-state index in [1.165, 1.54) is 24.8 Å². The lowest BCUT2D eigenvalue weighted by Crippen LogP contribution is -2.44. The lowest BCUT2D eigenvalue weighted by atomic mass is 9.81. The number of rotatable bonds is 6. The van der Waals surface area contributed by atoms with Gasteiger partial charge in [-0.15, -0.1) is 0 Å². The fraction of sp³-hybridized carbons (Fsp3) is 0.522. The fourth-order valence-corrected chi connectivity index (χ4v) is 4.60. The van der Waals surface area contributed by atoms with Gasteiger partial charge in [0.05, 0.1) is 18.2 Å². The Morgan fingerprint density at radius 3 is 2.59 bits per heavy atom. The summed E-state index contributed by atoms with van der Waals surface area (Å²) in [7, 11) is 0. The molecule has 1 atom stereocenters. The molecule has 1 saturated heterocycles. The number of pyridine rings is 1. The minimum absolute atomic E-state index is 0.00510. The molecule has 8 nitrogen and oxygen atoms in total. The Kier molecular flexibility index (Phi) is 7.28. The second-order valence-corrected chi connectivity index (χ2v) is 8.62. The molecular formula is C23H26F3N5O3. The molecule has 3 heterocycles. The van der Waals surface area contributed by atoms with Gasteiger partial charge in [-0.25, -0.2) is 9.97 Å². The first-order valence-electron chi connectivity index (χ1n) is 11.4. The highest BCUT2D eigenvalue weighted by Gasteiger charge is 2.44. The molecule has 0 radical (unpaired) electrons. The van der Waals surface area contributed by atoms with Crippen LogP contribution in [0.5, 0.6) is 5.75 Å². The zero-order valence-corrected chi connectivity index (χ0v) is 18.5. The van der Waals surface area contributed by atoms with E-state index in [0.717, 1.165) is 12.8 Å². The summed E-state index contributed by atoms with van der Waals surface area (Å²) in [6, 6.07) is 3.06. The second-order valence-electron chi connectivity index (χ2n) is 8.62. The van der Waals surface area contributed by atoms with Gasteiger partial charge in [0.2, 0.25) is 5.91 Å². The number of likely N-dealkylation sites (tertiary alicyclic amines) is 1. The minimum atomic E-state index is -4.20. The molecule has 0 spiro atoms. The Balaban J connectivity index is 1.35. The van der Waals surface area contributed by atoms with Crippen LogP contribution in [-0.4, -0.2) is 57.0 Å². The van der Waals surface area contributed by atoms with Crippen LogP contribution in [0.1, 0.15) is 49.0 Å². The van der Waals surface area contributed by atoms with Crippen molar-refractivity contribution in [3.05, 3.63) is 42.6 Å². The number of alkyl halides is 3. The molecule has 4 rings (SSSR count). The monoisotopic (exact) mass is 477 g/mol. The maximum absolute atomic E-state index is 13.1. The summed E-state index contributed by atoms with van der Waals surface area (Å²) in [4.78, 5) is 39.4. The third-order valence-corrected chi connectivity index (χ3v) is 6.42. The van der Waals surface area contributed by atoms with Crippen molar-refractivity contribution in [2.45, 2.75) is 50.7 Å². The van der Waals surface area contributed by atoms with E-state index in [0.29, 0.717) is 6.54 Å². The van der Waals surface area contributed by atoms with Crippen LogP contribution < -0.4 is 10.1 Å².